The van der Waals surface area contributed by atoms with Gasteiger partial charge in [0.25, 0.3) is 0 Å². The lowest BCUT2D eigenvalue weighted by atomic mass is 9.99. The molecule has 0 radical (unpaired) electrons. The number of rotatable bonds is 3. The first-order chi connectivity index (χ1) is 7.36. The fourth-order valence-electron chi connectivity index (χ4n) is 1.49. The fourth-order valence-corrected chi connectivity index (χ4v) is 1.49. The van der Waals surface area contributed by atoms with Crippen LogP contribution in [-0.4, -0.2) is 5.91 Å². The van der Waals surface area contributed by atoms with Crippen molar-refractivity contribution in [1.82, 2.24) is 0 Å². The van der Waals surface area contributed by atoms with E-state index in [1.54, 1.807) is 0 Å². The van der Waals surface area contributed by atoms with Gasteiger partial charge in [-0.25, -0.2) is 0 Å². The molecule has 2 N–H and O–H groups in total. The van der Waals surface area contributed by atoms with E-state index in [2.05, 4.69) is 0 Å². The van der Waals surface area contributed by atoms with Crippen molar-refractivity contribution in [2.75, 3.05) is 0 Å². The third kappa shape index (κ3) is 2.74. The highest BCUT2D eigenvalue weighted by molar-refractivity contribution is 5.94. The van der Waals surface area contributed by atoms with Gasteiger partial charge in [-0.05, 0) is 30.2 Å². The molecule has 1 rings (SSSR count). The summed E-state index contributed by atoms with van der Waals surface area (Å²) >= 11 is 0. The average Bonchev–Trinajstić information content (AvgIpc) is 2.16. The monoisotopic (exact) mass is 231 g/mol. The van der Waals surface area contributed by atoms with Crippen LogP contribution in [0.15, 0.2) is 18.2 Å². The molecule has 1 aromatic carbocycles. The first kappa shape index (κ1) is 12.5. The van der Waals surface area contributed by atoms with Crippen molar-refractivity contribution in [2.45, 2.75) is 25.9 Å². The molecule has 2 nitrogen and oxygen atoms in total. The molecule has 0 bridgehead atoms. The number of halogens is 3. The van der Waals surface area contributed by atoms with E-state index in [-0.39, 0.29) is 5.56 Å². The molecular formula is C11H12F3NO. The highest BCUT2D eigenvalue weighted by Gasteiger charge is 2.31. The van der Waals surface area contributed by atoms with Gasteiger partial charge in [-0.1, -0.05) is 13.3 Å². The zero-order valence-electron chi connectivity index (χ0n) is 8.77. The lowest BCUT2D eigenvalue weighted by molar-refractivity contribution is -0.137. The summed E-state index contributed by atoms with van der Waals surface area (Å²) < 4.78 is 37.3. The number of aryl methyl sites for hydroxylation is 1. The lowest BCUT2D eigenvalue weighted by Gasteiger charge is -2.11. The number of amides is 1. The van der Waals surface area contributed by atoms with Gasteiger partial charge in [0.15, 0.2) is 0 Å². The maximum absolute atomic E-state index is 12.4. The largest absolute Gasteiger partial charge is 0.416 e. The second kappa shape index (κ2) is 4.55. The van der Waals surface area contributed by atoms with Crippen LogP contribution in [0.2, 0.25) is 0 Å². The Balaban J connectivity index is 3.22. The number of hydrogen-bond donors (Lipinski definition) is 1. The Morgan fingerprint density at radius 1 is 1.38 bits per heavy atom. The first-order valence-corrected chi connectivity index (χ1v) is 4.86. The van der Waals surface area contributed by atoms with Crippen molar-refractivity contribution < 1.29 is 18.0 Å². The molecule has 0 unspecified atom stereocenters. The third-order valence-corrected chi connectivity index (χ3v) is 2.22. The van der Waals surface area contributed by atoms with Crippen LogP contribution in [0.25, 0.3) is 0 Å². The number of primary amides is 1. The summed E-state index contributed by atoms with van der Waals surface area (Å²) in [6.45, 7) is 1.82. The molecule has 0 aliphatic heterocycles. The molecule has 0 aliphatic carbocycles. The van der Waals surface area contributed by atoms with Crippen LogP contribution in [-0.2, 0) is 12.6 Å². The van der Waals surface area contributed by atoms with Gasteiger partial charge >= 0.3 is 6.18 Å². The molecule has 0 saturated heterocycles. The van der Waals surface area contributed by atoms with E-state index >= 15 is 0 Å². The Morgan fingerprint density at radius 3 is 2.44 bits per heavy atom. The van der Waals surface area contributed by atoms with Crippen LogP contribution in [0, 0.1) is 0 Å². The molecule has 1 amide bonds. The van der Waals surface area contributed by atoms with Crippen molar-refractivity contribution in [1.29, 1.82) is 0 Å². The number of carbonyl (C=O) groups is 1. The fraction of sp³-hybridized carbons (Fsp3) is 0.364. The van der Waals surface area contributed by atoms with Gasteiger partial charge in [0, 0.05) is 5.56 Å². The topological polar surface area (TPSA) is 43.1 Å². The number of nitrogens with two attached hydrogens (primary N) is 1. The maximum Gasteiger partial charge on any atom is 0.416 e. The number of hydrogen-bond acceptors (Lipinski definition) is 1. The highest BCUT2D eigenvalue weighted by atomic mass is 19.4. The summed E-state index contributed by atoms with van der Waals surface area (Å²) in [7, 11) is 0. The van der Waals surface area contributed by atoms with E-state index in [9.17, 15) is 18.0 Å². The molecule has 0 aromatic heterocycles. The van der Waals surface area contributed by atoms with E-state index in [1.165, 1.54) is 0 Å². The van der Waals surface area contributed by atoms with Crippen molar-refractivity contribution >= 4 is 5.91 Å². The van der Waals surface area contributed by atoms with Crippen LogP contribution < -0.4 is 5.73 Å². The number of benzene rings is 1. The van der Waals surface area contributed by atoms with Crippen molar-refractivity contribution in [3.05, 3.63) is 34.9 Å². The zero-order valence-corrected chi connectivity index (χ0v) is 8.77. The average molecular weight is 231 g/mol. The van der Waals surface area contributed by atoms with Crippen molar-refractivity contribution in [3.63, 3.8) is 0 Å². The van der Waals surface area contributed by atoms with Gasteiger partial charge in [-0.15, -0.1) is 0 Å². The van der Waals surface area contributed by atoms with E-state index < -0.39 is 17.6 Å². The van der Waals surface area contributed by atoms with Crippen LogP contribution in [0.3, 0.4) is 0 Å². The third-order valence-electron chi connectivity index (χ3n) is 2.22. The van der Waals surface area contributed by atoms with Crippen molar-refractivity contribution in [3.8, 4) is 0 Å². The minimum Gasteiger partial charge on any atom is -0.366 e. The van der Waals surface area contributed by atoms with Crippen LogP contribution in [0.5, 0.6) is 0 Å². The molecule has 88 valence electrons. The summed E-state index contributed by atoms with van der Waals surface area (Å²) in [6, 6.07) is 3.00. The van der Waals surface area contributed by atoms with Gasteiger partial charge in [-0.2, -0.15) is 13.2 Å². The summed E-state index contributed by atoms with van der Waals surface area (Å²) in [4.78, 5) is 11.0. The first-order valence-electron chi connectivity index (χ1n) is 4.86. The Morgan fingerprint density at radius 2 is 2.00 bits per heavy atom. The second-order valence-corrected chi connectivity index (χ2v) is 3.48. The lowest BCUT2D eigenvalue weighted by Crippen LogP contribution is -2.15. The Labute approximate surface area is 91.3 Å². The molecule has 0 heterocycles. The number of carbonyl (C=O) groups excluding carboxylic acids is 1. The molecule has 0 saturated carbocycles. The standard InChI is InChI=1S/C11H12F3NO/c1-2-3-7-6-8(11(12,13)14)4-5-9(7)10(15)16/h4-6H,2-3H2,1H3,(H2,15,16). The predicted molar refractivity (Wildman–Crippen MR) is 54.0 cm³/mol. The minimum absolute atomic E-state index is 0.162. The molecule has 0 spiro atoms. The quantitative estimate of drug-likeness (QED) is 0.853. The van der Waals surface area contributed by atoms with E-state index in [0.717, 1.165) is 18.2 Å². The van der Waals surface area contributed by atoms with E-state index in [1.807, 2.05) is 6.92 Å². The van der Waals surface area contributed by atoms with Gasteiger partial charge in [0.05, 0.1) is 5.56 Å². The van der Waals surface area contributed by atoms with Gasteiger partial charge in [0.1, 0.15) is 0 Å². The van der Waals surface area contributed by atoms with Crippen LogP contribution in [0.4, 0.5) is 13.2 Å². The number of alkyl halides is 3. The molecule has 0 fully saturated rings. The SMILES string of the molecule is CCCc1cc(C(F)(F)F)ccc1C(N)=O. The zero-order chi connectivity index (χ0) is 12.3. The second-order valence-electron chi connectivity index (χ2n) is 3.48. The van der Waals surface area contributed by atoms with Crippen LogP contribution in [0.1, 0.15) is 34.8 Å². The van der Waals surface area contributed by atoms with Crippen molar-refractivity contribution in [2.24, 2.45) is 5.73 Å². The summed E-state index contributed by atoms with van der Waals surface area (Å²) in [5.41, 5.74) is 4.85. The molecule has 16 heavy (non-hydrogen) atoms. The molecule has 1 aromatic rings. The maximum atomic E-state index is 12.4. The van der Waals surface area contributed by atoms with Gasteiger partial charge in [-0.3, -0.25) is 4.79 Å². The van der Waals surface area contributed by atoms with E-state index in [0.29, 0.717) is 18.4 Å². The smallest absolute Gasteiger partial charge is 0.366 e. The van der Waals surface area contributed by atoms with Crippen LogP contribution >= 0.6 is 0 Å². The molecule has 5 heteroatoms. The van der Waals surface area contributed by atoms with Gasteiger partial charge in [0.2, 0.25) is 5.91 Å². The molecule has 0 atom stereocenters. The minimum atomic E-state index is -4.39. The Bertz CT molecular complexity index is 399. The Hall–Kier alpha value is -1.52. The normalized spacial score (nSPS) is 11.5. The summed E-state index contributed by atoms with van der Waals surface area (Å²) in [5, 5.41) is 0. The molecule has 0 aliphatic rings. The summed E-state index contributed by atoms with van der Waals surface area (Å²) in [6.07, 6.45) is -3.33. The summed E-state index contributed by atoms with van der Waals surface area (Å²) in [5.74, 6) is -0.697. The van der Waals surface area contributed by atoms with E-state index in [4.69, 9.17) is 5.73 Å². The predicted octanol–water partition coefficient (Wildman–Crippen LogP) is 2.76. The Kier molecular flexibility index (Phi) is 3.57. The molecular weight excluding hydrogens is 219 g/mol. The highest BCUT2D eigenvalue weighted by Crippen LogP contribution is 2.30. The van der Waals surface area contributed by atoms with Gasteiger partial charge < -0.3 is 5.73 Å².